The molecule has 0 aliphatic rings. The fraction of sp³-hybridized carbons (Fsp3) is 0.333. The molecule has 0 aliphatic heterocycles. The van der Waals surface area contributed by atoms with E-state index in [4.69, 9.17) is 0 Å². The number of hydrogen-bond donors (Lipinski definition) is 3. The molecule has 0 bridgehead atoms. The van der Waals surface area contributed by atoms with Crippen molar-refractivity contribution in [2.45, 2.75) is 19.1 Å². The molecule has 9 heteroatoms. The maximum atomic E-state index is 12.8. The van der Waals surface area contributed by atoms with Crippen LogP contribution >= 0.6 is 28.6 Å². The fourth-order valence-electron chi connectivity index (χ4n) is 1.49. The van der Waals surface area contributed by atoms with Gasteiger partial charge in [0.1, 0.15) is 6.04 Å². The first-order valence-electron chi connectivity index (χ1n) is 5.70. The van der Waals surface area contributed by atoms with Crippen LogP contribution < -0.4 is 10.6 Å². The fourth-order valence-corrected chi connectivity index (χ4v) is 2.22. The molecule has 0 heterocycles. The highest BCUT2D eigenvalue weighted by Gasteiger charge is 2.33. The molecular formula is C12H12BrF3N2O2S. The van der Waals surface area contributed by atoms with Crippen molar-refractivity contribution in [3.8, 4) is 0 Å². The van der Waals surface area contributed by atoms with Gasteiger partial charge in [0.25, 0.3) is 0 Å². The number of hydrogen-bond acceptors (Lipinski definition) is 3. The third-order valence-electron chi connectivity index (χ3n) is 2.42. The largest absolute Gasteiger partial charge is 0.417 e. The molecule has 1 aromatic carbocycles. The van der Waals surface area contributed by atoms with Crippen LogP contribution in [-0.4, -0.2) is 23.6 Å². The van der Waals surface area contributed by atoms with Gasteiger partial charge in [-0.05, 0) is 18.2 Å². The molecule has 2 N–H and O–H groups in total. The summed E-state index contributed by atoms with van der Waals surface area (Å²) >= 11 is 6.72. The van der Waals surface area contributed by atoms with Crippen molar-refractivity contribution in [2.75, 3.05) is 11.1 Å². The molecule has 2 amide bonds. The number of carbonyl (C=O) groups is 2. The van der Waals surface area contributed by atoms with Crippen LogP contribution in [-0.2, 0) is 15.8 Å². The first kappa shape index (κ1) is 17.8. The van der Waals surface area contributed by atoms with Crippen LogP contribution in [0.25, 0.3) is 0 Å². The second-order valence-electron chi connectivity index (χ2n) is 4.12. The molecule has 1 atom stereocenters. The molecule has 0 saturated carbocycles. The average molecular weight is 385 g/mol. The summed E-state index contributed by atoms with van der Waals surface area (Å²) in [5, 5.41) is 4.66. The van der Waals surface area contributed by atoms with E-state index in [0.717, 1.165) is 6.07 Å². The number of amides is 2. The Kier molecular flexibility index (Phi) is 6.09. The highest BCUT2D eigenvalue weighted by molar-refractivity contribution is 9.10. The van der Waals surface area contributed by atoms with Crippen molar-refractivity contribution in [3.05, 3.63) is 28.2 Å². The van der Waals surface area contributed by atoms with Crippen molar-refractivity contribution in [1.29, 1.82) is 0 Å². The van der Waals surface area contributed by atoms with E-state index in [1.807, 2.05) is 0 Å². The number of thiol groups is 1. The number of anilines is 1. The lowest BCUT2D eigenvalue weighted by molar-refractivity contribution is -0.138. The average Bonchev–Trinajstić information content (AvgIpc) is 2.36. The number of rotatable bonds is 4. The van der Waals surface area contributed by atoms with E-state index in [0.29, 0.717) is 0 Å². The van der Waals surface area contributed by atoms with Crippen molar-refractivity contribution in [3.63, 3.8) is 0 Å². The second kappa shape index (κ2) is 7.17. The number of carbonyl (C=O) groups excluding carboxylic acids is 2. The third-order valence-corrected chi connectivity index (χ3v) is 3.47. The summed E-state index contributed by atoms with van der Waals surface area (Å²) in [5.74, 6) is -1.06. The maximum Gasteiger partial charge on any atom is 0.417 e. The van der Waals surface area contributed by atoms with Gasteiger partial charge in [-0.25, -0.2) is 0 Å². The summed E-state index contributed by atoms with van der Waals surface area (Å²) in [7, 11) is 0. The lowest BCUT2D eigenvalue weighted by atomic mass is 10.2. The van der Waals surface area contributed by atoms with E-state index < -0.39 is 29.6 Å². The first-order valence-corrected chi connectivity index (χ1v) is 7.13. The molecular weight excluding hydrogens is 373 g/mol. The van der Waals surface area contributed by atoms with Crippen LogP contribution in [0.1, 0.15) is 12.5 Å². The number of halogens is 4. The Morgan fingerprint density at radius 3 is 2.48 bits per heavy atom. The molecule has 1 unspecified atom stereocenters. The lowest BCUT2D eigenvalue weighted by Gasteiger charge is -2.16. The Labute approximate surface area is 133 Å². The van der Waals surface area contributed by atoms with Crippen LogP contribution in [0.4, 0.5) is 18.9 Å². The van der Waals surface area contributed by atoms with Gasteiger partial charge < -0.3 is 10.6 Å². The zero-order valence-electron chi connectivity index (χ0n) is 10.8. The molecule has 0 aromatic heterocycles. The van der Waals surface area contributed by atoms with Crippen molar-refractivity contribution >= 4 is 46.1 Å². The summed E-state index contributed by atoms with van der Waals surface area (Å²) in [4.78, 5) is 22.8. The van der Waals surface area contributed by atoms with Gasteiger partial charge in [0.2, 0.25) is 11.8 Å². The van der Waals surface area contributed by atoms with Crippen molar-refractivity contribution in [2.24, 2.45) is 0 Å². The zero-order chi connectivity index (χ0) is 16.2. The normalized spacial score (nSPS) is 12.7. The second-order valence-corrected chi connectivity index (χ2v) is 5.34. The standard InChI is InChI=1S/C12H12BrF3N2O2S/c1-6(19)17-10(5-21)11(20)18-7-2-3-9(13)8(4-7)12(14,15)16/h2-4,10,21H,5H2,1H3,(H,17,19)(H,18,20). The quantitative estimate of drug-likeness (QED) is 0.699. The monoisotopic (exact) mass is 384 g/mol. The number of nitrogens with one attached hydrogen (secondary N) is 2. The van der Waals surface area contributed by atoms with E-state index in [2.05, 4.69) is 39.2 Å². The molecule has 0 spiro atoms. The molecule has 1 aromatic rings. The van der Waals surface area contributed by atoms with E-state index in [9.17, 15) is 22.8 Å². The smallest absolute Gasteiger partial charge is 0.344 e. The minimum absolute atomic E-state index is 0.0207. The minimum atomic E-state index is -4.54. The van der Waals surface area contributed by atoms with E-state index in [1.54, 1.807) is 0 Å². The SMILES string of the molecule is CC(=O)NC(CS)C(=O)Nc1ccc(Br)c(C(F)(F)F)c1. The van der Waals surface area contributed by atoms with Crippen molar-refractivity contribution < 1.29 is 22.8 Å². The van der Waals surface area contributed by atoms with E-state index >= 15 is 0 Å². The lowest BCUT2D eigenvalue weighted by Crippen LogP contribution is -2.44. The third kappa shape index (κ3) is 5.24. The van der Waals surface area contributed by atoms with Crippen LogP contribution in [0.15, 0.2) is 22.7 Å². The van der Waals surface area contributed by atoms with E-state index in [1.165, 1.54) is 19.1 Å². The van der Waals surface area contributed by atoms with Gasteiger partial charge in [-0.3, -0.25) is 9.59 Å². The predicted molar refractivity (Wildman–Crippen MR) is 79.2 cm³/mol. The van der Waals surface area contributed by atoms with Gasteiger partial charge in [0, 0.05) is 22.8 Å². The highest BCUT2D eigenvalue weighted by atomic mass is 79.9. The maximum absolute atomic E-state index is 12.8. The van der Waals surface area contributed by atoms with Gasteiger partial charge in [-0.15, -0.1) is 0 Å². The molecule has 116 valence electrons. The summed E-state index contributed by atoms with van der Waals surface area (Å²) in [5.41, 5.74) is -0.921. The first-order chi connectivity index (χ1) is 9.65. The van der Waals surface area contributed by atoms with Gasteiger partial charge in [-0.1, -0.05) is 15.9 Å². The van der Waals surface area contributed by atoms with Crippen LogP contribution in [0.2, 0.25) is 0 Å². The zero-order valence-corrected chi connectivity index (χ0v) is 13.3. The van der Waals surface area contributed by atoms with Gasteiger partial charge in [0.15, 0.2) is 0 Å². The molecule has 0 saturated heterocycles. The summed E-state index contributed by atoms with van der Waals surface area (Å²) in [6.07, 6.45) is -4.54. The topological polar surface area (TPSA) is 58.2 Å². The molecule has 21 heavy (non-hydrogen) atoms. The van der Waals surface area contributed by atoms with E-state index in [-0.39, 0.29) is 15.9 Å². The molecule has 0 fully saturated rings. The number of benzene rings is 1. The summed E-state index contributed by atoms with van der Waals surface area (Å²) in [6, 6.07) is 2.39. The minimum Gasteiger partial charge on any atom is -0.344 e. The highest BCUT2D eigenvalue weighted by Crippen LogP contribution is 2.36. The van der Waals surface area contributed by atoms with Gasteiger partial charge in [-0.2, -0.15) is 25.8 Å². The van der Waals surface area contributed by atoms with Gasteiger partial charge >= 0.3 is 6.18 Å². The Morgan fingerprint density at radius 1 is 1.38 bits per heavy atom. The summed E-state index contributed by atoms with van der Waals surface area (Å²) < 4.78 is 38.1. The predicted octanol–water partition coefficient (Wildman–Crippen LogP) is 2.84. The molecule has 0 aliphatic carbocycles. The number of alkyl halides is 3. The van der Waals surface area contributed by atoms with Gasteiger partial charge in [0.05, 0.1) is 5.56 Å². The van der Waals surface area contributed by atoms with Crippen LogP contribution in [0.5, 0.6) is 0 Å². The Hall–Kier alpha value is -1.22. The molecule has 1 rings (SSSR count). The Morgan fingerprint density at radius 2 is 2.00 bits per heavy atom. The van der Waals surface area contributed by atoms with Crippen LogP contribution in [0, 0.1) is 0 Å². The van der Waals surface area contributed by atoms with Crippen molar-refractivity contribution in [1.82, 2.24) is 5.32 Å². The van der Waals surface area contributed by atoms with Crippen LogP contribution in [0.3, 0.4) is 0 Å². The molecule has 0 radical (unpaired) electrons. The molecule has 4 nitrogen and oxygen atoms in total. The summed E-state index contributed by atoms with van der Waals surface area (Å²) in [6.45, 7) is 1.23. The Bertz CT molecular complexity index is 552. The Balaban J connectivity index is 2.93.